The number of rotatable bonds is 5. The van der Waals surface area contributed by atoms with Gasteiger partial charge in [0.25, 0.3) is 0 Å². The zero-order valence-electron chi connectivity index (χ0n) is 13.0. The molecule has 1 aliphatic rings. The molecule has 2 rings (SSSR count). The summed E-state index contributed by atoms with van der Waals surface area (Å²) in [6.45, 7) is 10.9. The quantitative estimate of drug-likeness (QED) is 0.903. The van der Waals surface area contributed by atoms with Crippen molar-refractivity contribution in [2.75, 3.05) is 32.8 Å². The van der Waals surface area contributed by atoms with E-state index in [-0.39, 0.29) is 22.4 Å². The lowest BCUT2D eigenvalue weighted by molar-refractivity contribution is -0.0102. The van der Waals surface area contributed by atoms with Crippen molar-refractivity contribution in [2.24, 2.45) is 0 Å². The van der Waals surface area contributed by atoms with Crippen LogP contribution in [0.3, 0.4) is 0 Å². The Morgan fingerprint density at radius 1 is 1.38 bits per heavy atom. The summed E-state index contributed by atoms with van der Waals surface area (Å²) in [5.74, 6) is -0.374. The summed E-state index contributed by atoms with van der Waals surface area (Å²) < 4.78 is 18.6. The average Bonchev–Trinajstić information content (AvgIpc) is 2.48. The van der Waals surface area contributed by atoms with Crippen LogP contribution in [0.1, 0.15) is 32.4 Å². The Kier molecular flexibility index (Phi) is 5.60. The van der Waals surface area contributed by atoms with Gasteiger partial charge in [0, 0.05) is 31.2 Å². The Morgan fingerprint density at radius 2 is 2.05 bits per heavy atom. The molecule has 0 amide bonds. The van der Waals surface area contributed by atoms with Crippen LogP contribution in [0.5, 0.6) is 0 Å². The lowest BCUT2D eigenvalue weighted by atomic mass is 10.0. The lowest BCUT2D eigenvalue weighted by Gasteiger charge is -2.41. The SMILES string of the molecule is CC(NCC(C)(C)N1CCOCC1)c1ccc(F)c(Cl)c1. The molecule has 1 atom stereocenters. The minimum atomic E-state index is -0.374. The first-order valence-corrected chi connectivity index (χ1v) is 7.79. The van der Waals surface area contributed by atoms with Gasteiger partial charge in [0.1, 0.15) is 5.82 Å². The molecule has 118 valence electrons. The van der Waals surface area contributed by atoms with E-state index >= 15 is 0 Å². The highest BCUT2D eigenvalue weighted by atomic mass is 35.5. The molecular weight excluding hydrogens is 291 g/mol. The van der Waals surface area contributed by atoms with Gasteiger partial charge in [-0.2, -0.15) is 0 Å². The fourth-order valence-corrected chi connectivity index (χ4v) is 2.77. The molecule has 1 N–H and O–H groups in total. The van der Waals surface area contributed by atoms with Crippen LogP contribution in [0.4, 0.5) is 4.39 Å². The first kappa shape index (κ1) is 16.7. The van der Waals surface area contributed by atoms with Crippen molar-refractivity contribution in [3.63, 3.8) is 0 Å². The van der Waals surface area contributed by atoms with Gasteiger partial charge < -0.3 is 10.1 Å². The van der Waals surface area contributed by atoms with E-state index in [9.17, 15) is 4.39 Å². The second-order valence-electron chi connectivity index (χ2n) is 6.19. The molecule has 1 aromatic rings. The van der Waals surface area contributed by atoms with Crippen molar-refractivity contribution < 1.29 is 9.13 Å². The zero-order chi connectivity index (χ0) is 15.5. The Labute approximate surface area is 131 Å². The highest BCUT2D eigenvalue weighted by Crippen LogP contribution is 2.22. The van der Waals surface area contributed by atoms with E-state index in [1.165, 1.54) is 6.07 Å². The van der Waals surface area contributed by atoms with Crippen molar-refractivity contribution in [2.45, 2.75) is 32.4 Å². The Hall–Kier alpha value is -0.680. The summed E-state index contributed by atoms with van der Waals surface area (Å²) in [4.78, 5) is 2.44. The smallest absolute Gasteiger partial charge is 0.141 e. The van der Waals surface area contributed by atoms with Crippen LogP contribution in [0.25, 0.3) is 0 Å². The maximum atomic E-state index is 13.2. The molecule has 0 saturated carbocycles. The lowest BCUT2D eigenvalue weighted by Crippen LogP contribution is -2.54. The van der Waals surface area contributed by atoms with Crippen molar-refractivity contribution in [3.05, 3.63) is 34.6 Å². The molecule has 1 saturated heterocycles. The number of benzene rings is 1. The molecule has 1 aliphatic heterocycles. The molecule has 0 radical (unpaired) electrons. The van der Waals surface area contributed by atoms with Gasteiger partial charge in [-0.1, -0.05) is 17.7 Å². The van der Waals surface area contributed by atoms with Crippen LogP contribution >= 0.6 is 11.6 Å². The van der Waals surface area contributed by atoms with Crippen LogP contribution < -0.4 is 5.32 Å². The monoisotopic (exact) mass is 314 g/mol. The zero-order valence-corrected chi connectivity index (χ0v) is 13.7. The standard InChI is InChI=1S/C16H24ClFN2O/c1-12(13-4-5-15(18)14(17)10-13)19-11-16(2,3)20-6-8-21-9-7-20/h4-5,10,12,19H,6-9,11H2,1-3H3. The number of ether oxygens (including phenoxy) is 1. The van der Waals surface area contributed by atoms with Crippen molar-refractivity contribution in [1.82, 2.24) is 10.2 Å². The summed E-state index contributed by atoms with van der Waals surface area (Å²) in [6.07, 6.45) is 0. The predicted molar refractivity (Wildman–Crippen MR) is 84.3 cm³/mol. The number of nitrogens with one attached hydrogen (secondary N) is 1. The predicted octanol–water partition coefficient (Wildman–Crippen LogP) is 3.24. The molecule has 1 heterocycles. The number of halogens is 2. The van der Waals surface area contributed by atoms with Gasteiger partial charge >= 0.3 is 0 Å². The molecule has 21 heavy (non-hydrogen) atoms. The fourth-order valence-electron chi connectivity index (χ4n) is 2.58. The summed E-state index contributed by atoms with van der Waals surface area (Å²) in [7, 11) is 0. The molecule has 3 nitrogen and oxygen atoms in total. The Morgan fingerprint density at radius 3 is 2.67 bits per heavy atom. The Balaban J connectivity index is 1.92. The number of hydrogen-bond acceptors (Lipinski definition) is 3. The fraction of sp³-hybridized carbons (Fsp3) is 0.625. The van der Waals surface area contributed by atoms with Gasteiger partial charge in [-0.05, 0) is 38.5 Å². The average molecular weight is 315 g/mol. The summed E-state index contributed by atoms with van der Waals surface area (Å²) in [5.41, 5.74) is 1.06. The van der Waals surface area contributed by atoms with E-state index in [4.69, 9.17) is 16.3 Å². The molecule has 0 aliphatic carbocycles. The topological polar surface area (TPSA) is 24.5 Å². The summed E-state index contributed by atoms with van der Waals surface area (Å²) in [6, 6.07) is 5.02. The van der Waals surface area contributed by atoms with Crippen molar-refractivity contribution >= 4 is 11.6 Å². The maximum absolute atomic E-state index is 13.2. The van der Waals surface area contributed by atoms with Crippen molar-refractivity contribution in [1.29, 1.82) is 0 Å². The van der Waals surface area contributed by atoms with Crippen LogP contribution in [-0.4, -0.2) is 43.3 Å². The third-order valence-electron chi connectivity index (χ3n) is 4.15. The molecule has 0 spiro atoms. The molecule has 1 unspecified atom stereocenters. The van der Waals surface area contributed by atoms with Crippen LogP contribution in [0.2, 0.25) is 5.02 Å². The van der Waals surface area contributed by atoms with Gasteiger partial charge in [0.2, 0.25) is 0 Å². The summed E-state index contributed by atoms with van der Waals surface area (Å²) in [5, 5.41) is 3.69. The number of morpholine rings is 1. The number of hydrogen-bond donors (Lipinski definition) is 1. The van der Waals surface area contributed by atoms with Gasteiger partial charge in [-0.25, -0.2) is 4.39 Å². The first-order chi connectivity index (χ1) is 9.90. The Bertz CT molecular complexity index is 475. The van der Waals surface area contributed by atoms with E-state index in [0.717, 1.165) is 38.4 Å². The molecule has 0 aromatic heterocycles. The molecule has 1 aromatic carbocycles. The third kappa shape index (κ3) is 4.39. The minimum Gasteiger partial charge on any atom is -0.379 e. The largest absolute Gasteiger partial charge is 0.379 e. The van der Waals surface area contributed by atoms with Crippen LogP contribution in [-0.2, 0) is 4.74 Å². The molecule has 1 fully saturated rings. The third-order valence-corrected chi connectivity index (χ3v) is 4.44. The van der Waals surface area contributed by atoms with Gasteiger partial charge in [-0.3, -0.25) is 4.90 Å². The van der Waals surface area contributed by atoms with Crippen LogP contribution in [0.15, 0.2) is 18.2 Å². The summed E-state index contributed by atoms with van der Waals surface area (Å²) >= 11 is 5.84. The first-order valence-electron chi connectivity index (χ1n) is 7.41. The maximum Gasteiger partial charge on any atom is 0.141 e. The van der Waals surface area contributed by atoms with E-state index < -0.39 is 0 Å². The molecule has 5 heteroatoms. The highest BCUT2D eigenvalue weighted by Gasteiger charge is 2.28. The van der Waals surface area contributed by atoms with E-state index in [2.05, 4.69) is 31.0 Å². The van der Waals surface area contributed by atoms with E-state index in [0.29, 0.717) is 0 Å². The van der Waals surface area contributed by atoms with Crippen LogP contribution in [0, 0.1) is 5.82 Å². The normalized spacial score (nSPS) is 18.7. The molecule has 0 bridgehead atoms. The van der Waals surface area contributed by atoms with Gasteiger partial charge in [-0.15, -0.1) is 0 Å². The van der Waals surface area contributed by atoms with E-state index in [1.54, 1.807) is 12.1 Å². The minimum absolute atomic E-state index is 0.0574. The second-order valence-corrected chi connectivity index (χ2v) is 6.60. The van der Waals surface area contributed by atoms with Crippen molar-refractivity contribution in [3.8, 4) is 0 Å². The highest BCUT2D eigenvalue weighted by molar-refractivity contribution is 6.30. The molecular formula is C16H24ClFN2O. The van der Waals surface area contributed by atoms with Gasteiger partial charge in [0.05, 0.1) is 18.2 Å². The van der Waals surface area contributed by atoms with E-state index in [1.807, 2.05) is 0 Å². The number of nitrogens with zero attached hydrogens (tertiary/aromatic N) is 1. The van der Waals surface area contributed by atoms with Gasteiger partial charge in [0.15, 0.2) is 0 Å². The second kappa shape index (κ2) is 7.05.